The molecule has 92 valence electrons. The molecule has 0 aliphatic carbocycles. The molecular formula is C16H23N. The highest BCUT2D eigenvalue weighted by Gasteiger charge is 2.17. The minimum Gasteiger partial charge on any atom is -0.372 e. The highest BCUT2D eigenvalue weighted by Crippen LogP contribution is 2.25. The van der Waals surface area contributed by atoms with Gasteiger partial charge in [0.1, 0.15) is 0 Å². The average molecular weight is 229 g/mol. The van der Waals surface area contributed by atoms with Crippen LogP contribution in [-0.4, -0.2) is 13.1 Å². The Balaban J connectivity index is 2.01. The Kier molecular flexibility index (Phi) is 3.88. The van der Waals surface area contributed by atoms with Crippen molar-refractivity contribution in [1.29, 1.82) is 0 Å². The first-order chi connectivity index (χ1) is 8.20. The standard InChI is InChI=1S/C16H23N/c1-4-14-9-11-17(12-10-14)16-7-5-15(6-8-16)13(2)3/h5-8,14H,2,4,9-12H2,1,3H3. The number of rotatable bonds is 3. The fraction of sp³-hybridized carbons (Fsp3) is 0.500. The van der Waals surface area contributed by atoms with Gasteiger partial charge in [-0.15, -0.1) is 0 Å². The summed E-state index contributed by atoms with van der Waals surface area (Å²) in [6, 6.07) is 8.83. The molecule has 1 aromatic carbocycles. The van der Waals surface area contributed by atoms with E-state index in [4.69, 9.17) is 0 Å². The second kappa shape index (κ2) is 5.39. The lowest BCUT2D eigenvalue weighted by Gasteiger charge is -2.33. The molecule has 2 rings (SSSR count). The summed E-state index contributed by atoms with van der Waals surface area (Å²) in [6.45, 7) is 10.8. The number of nitrogens with zero attached hydrogens (tertiary/aromatic N) is 1. The van der Waals surface area contributed by atoms with Crippen molar-refractivity contribution in [3.63, 3.8) is 0 Å². The van der Waals surface area contributed by atoms with Gasteiger partial charge in [0, 0.05) is 18.8 Å². The van der Waals surface area contributed by atoms with Gasteiger partial charge in [0.25, 0.3) is 0 Å². The molecule has 0 saturated carbocycles. The molecule has 1 aromatic rings. The molecule has 1 aliphatic heterocycles. The fourth-order valence-electron chi connectivity index (χ4n) is 2.56. The molecule has 0 atom stereocenters. The molecule has 0 aromatic heterocycles. The maximum Gasteiger partial charge on any atom is 0.0366 e. The summed E-state index contributed by atoms with van der Waals surface area (Å²) < 4.78 is 0. The molecule has 1 heteroatoms. The Morgan fingerprint density at radius 1 is 1.24 bits per heavy atom. The topological polar surface area (TPSA) is 3.24 Å². The first kappa shape index (κ1) is 12.2. The van der Waals surface area contributed by atoms with Crippen molar-refractivity contribution >= 4 is 11.3 Å². The van der Waals surface area contributed by atoms with Crippen molar-refractivity contribution in [3.05, 3.63) is 36.4 Å². The van der Waals surface area contributed by atoms with E-state index in [-0.39, 0.29) is 0 Å². The van der Waals surface area contributed by atoms with Crippen LogP contribution >= 0.6 is 0 Å². The van der Waals surface area contributed by atoms with Gasteiger partial charge in [-0.1, -0.05) is 37.6 Å². The molecule has 1 nitrogen and oxygen atoms in total. The van der Waals surface area contributed by atoms with E-state index < -0.39 is 0 Å². The second-order valence-corrected chi connectivity index (χ2v) is 5.17. The molecule has 0 N–H and O–H groups in total. The molecule has 17 heavy (non-hydrogen) atoms. The van der Waals surface area contributed by atoms with Gasteiger partial charge in [0.15, 0.2) is 0 Å². The monoisotopic (exact) mass is 229 g/mol. The molecule has 0 radical (unpaired) electrons. The van der Waals surface area contributed by atoms with Crippen LogP contribution in [0.1, 0.15) is 38.7 Å². The maximum absolute atomic E-state index is 3.97. The van der Waals surface area contributed by atoms with Gasteiger partial charge >= 0.3 is 0 Å². The predicted molar refractivity (Wildman–Crippen MR) is 76.4 cm³/mol. The molecule has 1 aliphatic rings. The lowest BCUT2D eigenvalue weighted by molar-refractivity contribution is 0.395. The number of hydrogen-bond donors (Lipinski definition) is 0. The average Bonchev–Trinajstić information content (AvgIpc) is 2.39. The van der Waals surface area contributed by atoms with Crippen LogP contribution in [0.5, 0.6) is 0 Å². The van der Waals surface area contributed by atoms with Crippen LogP contribution in [0.3, 0.4) is 0 Å². The van der Waals surface area contributed by atoms with E-state index in [0.717, 1.165) is 11.5 Å². The van der Waals surface area contributed by atoms with Crippen LogP contribution in [0, 0.1) is 5.92 Å². The van der Waals surface area contributed by atoms with Crippen LogP contribution in [-0.2, 0) is 0 Å². The van der Waals surface area contributed by atoms with Gasteiger partial charge in [-0.2, -0.15) is 0 Å². The van der Waals surface area contributed by atoms with Gasteiger partial charge in [-0.3, -0.25) is 0 Å². The highest BCUT2D eigenvalue weighted by atomic mass is 15.1. The van der Waals surface area contributed by atoms with E-state index in [1.165, 1.54) is 43.6 Å². The molecule has 0 bridgehead atoms. The van der Waals surface area contributed by atoms with Gasteiger partial charge in [-0.05, 0) is 43.4 Å². The largest absolute Gasteiger partial charge is 0.372 e. The van der Waals surface area contributed by atoms with Gasteiger partial charge in [0.2, 0.25) is 0 Å². The van der Waals surface area contributed by atoms with Gasteiger partial charge < -0.3 is 4.90 Å². The smallest absolute Gasteiger partial charge is 0.0366 e. The number of benzene rings is 1. The number of hydrogen-bond acceptors (Lipinski definition) is 1. The van der Waals surface area contributed by atoms with E-state index in [1.54, 1.807) is 0 Å². The molecule has 0 spiro atoms. The first-order valence-corrected chi connectivity index (χ1v) is 6.71. The minimum atomic E-state index is 0.945. The van der Waals surface area contributed by atoms with E-state index in [1.807, 2.05) is 0 Å². The van der Waals surface area contributed by atoms with E-state index >= 15 is 0 Å². The van der Waals surface area contributed by atoms with Crippen LogP contribution in [0.2, 0.25) is 0 Å². The first-order valence-electron chi connectivity index (χ1n) is 6.71. The van der Waals surface area contributed by atoms with Crippen LogP contribution in [0.4, 0.5) is 5.69 Å². The van der Waals surface area contributed by atoms with Crippen LogP contribution in [0.15, 0.2) is 30.8 Å². The lowest BCUT2D eigenvalue weighted by atomic mass is 9.94. The number of anilines is 1. The Morgan fingerprint density at radius 2 is 1.82 bits per heavy atom. The van der Waals surface area contributed by atoms with E-state index in [0.29, 0.717) is 0 Å². The molecule has 0 unspecified atom stereocenters. The maximum atomic E-state index is 3.97. The molecular weight excluding hydrogens is 206 g/mol. The fourth-order valence-corrected chi connectivity index (χ4v) is 2.56. The summed E-state index contributed by atoms with van der Waals surface area (Å²) in [5, 5.41) is 0. The summed E-state index contributed by atoms with van der Waals surface area (Å²) in [4.78, 5) is 2.51. The Bertz CT molecular complexity index is 369. The van der Waals surface area contributed by atoms with Crippen molar-refractivity contribution in [3.8, 4) is 0 Å². The summed E-state index contributed by atoms with van der Waals surface area (Å²) in [6.07, 6.45) is 4.03. The van der Waals surface area contributed by atoms with Gasteiger partial charge in [0.05, 0.1) is 0 Å². The summed E-state index contributed by atoms with van der Waals surface area (Å²) in [7, 11) is 0. The third kappa shape index (κ3) is 2.91. The molecule has 0 amide bonds. The van der Waals surface area contributed by atoms with E-state index in [2.05, 4.69) is 49.6 Å². The lowest BCUT2D eigenvalue weighted by Crippen LogP contribution is -2.33. The van der Waals surface area contributed by atoms with Crippen molar-refractivity contribution in [2.75, 3.05) is 18.0 Å². The quantitative estimate of drug-likeness (QED) is 0.745. The molecule has 1 heterocycles. The zero-order valence-electron chi connectivity index (χ0n) is 11.1. The van der Waals surface area contributed by atoms with Crippen molar-refractivity contribution in [2.24, 2.45) is 5.92 Å². The summed E-state index contributed by atoms with van der Waals surface area (Å²) in [5.74, 6) is 0.945. The van der Waals surface area contributed by atoms with Crippen molar-refractivity contribution in [2.45, 2.75) is 33.1 Å². The van der Waals surface area contributed by atoms with Crippen LogP contribution < -0.4 is 4.90 Å². The Morgan fingerprint density at radius 3 is 2.29 bits per heavy atom. The Labute approximate surface area is 105 Å². The van der Waals surface area contributed by atoms with Crippen molar-refractivity contribution < 1.29 is 0 Å². The third-order valence-corrected chi connectivity index (χ3v) is 3.92. The summed E-state index contributed by atoms with van der Waals surface area (Å²) >= 11 is 0. The van der Waals surface area contributed by atoms with Crippen molar-refractivity contribution in [1.82, 2.24) is 0 Å². The number of piperidine rings is 1. The van der Waals surface area contributed by atoms with Crippen LogP contribution in [0.25, 0.3) is 5.57 Å². The van der Waals surface area contributed by atoms with Gasteiger partial charge in [-0.25, -0.2) is 0 Å². The second-order valence-electron chi connectivity index (χ2n) is 5.17. The highest BCUT2D eigenvalue weighted by molar-refractivity contribution is 5.64. The minimum absolute atomic E-state index is 0.945. The van der Waals surface area contributed by atoms with E-state index in [9.17, 15) is 0 Å². The Hall–Kier alpha value is -1.24. The molecule has 1 saturated heterocycles. The SMILES string of the molecule is C=C(C)c1ccc(N2CCC(CC)CC2)cc1. The molecule has 1 fully saturated rings. The normalized spacial score (nSPS) is 17.2. The zero-order chi connectivity index (χ0) is 12.3. The zero-order valence-corrected chi connectivity index (χ0v) is 11.1. The third-order valence-electron chi connectivity index (χ3n) is 3.92. The summed E-state index contributed by atoms with van der Waals surface area (Å²) in [5.41, 5.74) is 3.75. The predicted octanol–water partition coefficient (Wildman–Crippen LogP) is 4.35. The number of allylic oxidation sites excluding steroid dienone is 1.